The van der Waals surface area contributed by atoms with Crippen LogP contribution in [0.2, 0.25) is 0 Å². The zero-order chi connectivity index (χ0) is 10.7. The number of alkyl halides is 1. The average molecular weight is 291 g/mol. The number of thioether (sulfide) groups is 1. The lowest BCUT2D eigenvalue weighted by Gasteiger charge is -2.07. The van der Waals surface area contributed by atoms with E-state index in [1.807, 2.05) is 31.4 Å². The molecule has 1 atom stereocenters. The summed E-state index contributed by atoms with van der Waals surface area (Å²) in [5.41, 5.74) is 0.676. The van der Waals surface area contributed by atoms with Gasteiger partial charge in [0.05, 0.1) is 4.83 Å². The highest BCUT2D eigenvalue weighted by atomic mass is 79.9. The van der Waals surface area contributed by atoms with Gasteiger partial charge in [-0.25, -0.2) is 0 Å². The Kier molecular flexibility index (Phi) is 4.54. The second-order valence-corrected chi connectivity index (χ2v) is 5.60. The number of Topliss-reactive ketones (excluding diaryl/α,β-unsaturated/α-hetero) is 1. The number of benzene rings is 1. The van der Waals surface area contributed by atoms with E-state index in [9.17, 15) is 4.79 Å². The molecule has 1 rings (SSSR count). The van der Waals surface area contributed by atoms with Crippen LogP contribution in [0, 0.1) is 0 Å². The molecule has 0 radical (unpaired) electrons. The van der Waals surface area contributed by atoms with Gasteiger partial charge in [-0.05, 0) is 31.4 Å². The Morgan fingerprint density at radius 1 is 1.57 bits per heavy atom. The van der Waals surface area contributed by atoms with Crippen LogP contribution in [0.15, 0.2) is 28.0 Å². The molecule has 4 heteroatoms. The monoisotopic (exact) mass is 290 g/mol. The van der Waals surface area contributed by atoms with Crippen LogP contribution < -0.4 is 0 Å². The molecule has 0 aliphatic rings. The van der Waals surface area contributed by atoms with Gasteiger partial charge in [-0.3, -0.25) is 4.79 Å². The minimum Gasteiger partial charge on any atom is -0.293 e. The van der Waals surface area contributed by atoms with Crippen molar-refractivity contribution in [1.29, 1.82) is 0 Å². The van der Waals surface area contributed by atoms with Crippen molar-refractivity contribution in [1.82, 2.24) is 0 Å². The van der Waals surface area contributed by atoms with E-state index in [1.165, 1.54) is 0 Å². The molecule has 1 aromatic carbocycles. The summed E-state index contributed by atoms with van der Waals surface area (Å²) in [6.45, 7) is 1.82. The first-order valence-electron chi connectivity index (χ1n) is 4.11. The third-order valence-electron chi connectivity index (χ3n) is 1.83. The third kappa shape index (κ3) is 2.78. The summed E-state index contributed by atoms with van der Waals surface area (Å²) in [5, 5.41) is 0. The molecule has 1 unspecified atom stereocenters. The first kappa shape index (κ1) is 12.1. The van der Waals surface area contributed by atoms with Gasteiger partial charge in [0.25, 0.3) is 0 Å². The van der Waals surface area contributed by atoms with Crippen molar-refractivity contribution in [2.24, 2.45) is 0 Å². The maximum atomic E-state index is 11.7. The zero-order valence-corrected chi connectivity index (χ0v) is 11.2. The van der Waals surface area contributed by atoms with E-state index in [-0.39, 0.29) is 10.6 Å². The van der Waals surface area contributed by atoms with E-state index in [4.69, 9.17) is 0 Å². The van der Waals surface area contributed by atoms with Crippen LogP contribution in [0.5, 0.6) is 0 Å². The van der Waals surface area contributed by atoms with Crippen molar-refractivity contribution >= 4 is 46.1 Å². The van der Waals surface area contributed by atoms with Crippen molar-refractivity contribution in [2.75, 3.05) is 6.26 Å². The predicted octanol–water partition coefficient (Wildman–Crippen LogP) is 3.66. The molecular weight excluding hydrogens is 280 g/mol. The lowest BCUT2D eigenvalue weighted by molar-refractivity contribution is 0.0993. The number of carbonyl (C=O) groups is 1. The van der Waals surface area contributed by atoms with Crippen LogP contribution in [-0.4, -0.2) is 16.9 Å². The summed E-state index contributed by atoms with van der Waals surface area (Å²) in [6, 6.07) is 5.68. The van der Waals surface area contributed by atoms with Crippen LogP contribution in [-0.2, 0) is 0 Å². The number of ketones is 1. The second-order valence-electron chi connectivity index (χ2n) is 2.86. The lowest BCUT2D eigenvalue weighted by atomic mass is 10.1. The van der Waals surface area contributed by atoms with Crippen LogP contribution in [0.3, 0.4) is 0 Å². The smallest absolute Gasteiger partial charge is 0.177 e. The van der Waals surface area contributed by atoms with Crippen molar-refractivity contribution in [3.63, 3.8) is 0 Å². The molecule has 14 heavy (non-hydrogen) atoms. The minimum absolute atomic E-state index is 0.0719. The van der Waals surface area contributed by atoms with Crippen molar-refractivity contribution in [3.05, 3.63) is 23.8 Å². The number of halogens is 1. The molecule has 0 saturated carbocycles. The molecule has 0 bridgehead atoms. The van der Waals surface area contributed by atoms with Crippen LogP contribution in [0.4, 0.5) is 0 Å². The quantitative estimate of drug-likeness (QED) is 0.396. The highest BCUT2D eigenvalue weighted by molar-refractivity contribution is 9.10. The first-order valence-corrected chi connectivity index (χ1v) is 6.70. The van der Waals surface area contributed by atoms with Gasteiger partial charge in [0.1, 0.15) is 0 Å². The van der Waals surface area contributed by atoms with E-state index in [2.05, 4.69) is 28.6 Å². The van der Waals surface area contributed by atoms with Gasteiger partial charge in [0.2, 0.25) is 0 Å². The van der Waals surface area contributed by atoms with Crippen molar-refractivity contribution < 1.29 is 4.79 Å². The average Bonchev–Trinajstić information content (AvgIpc) is 2.16. The van der Waals surface area contributed by atoms with Crippen molar-refractivity contribution in [2.45, 2.75) is 21.5 Å². The molecule has 1 aromatic rings. The minimum atomic E-state index is -0.159. The molecule has 0 aromatic heterocycles. The van der Waals surface area contributed by atoms with E-state index in [0.29, 0.717) is 5.56 Å². The van der Waals surface area contributed by atoms with Gasteiger partial charge in [-0.15, -0.1) is 24.4 Å². The Balaban J connectivity index is 3.06. The van der Waals surface area contributed by atoms with Crippen LogP contribution >= 0.6 is 40.3 Å². The number of hydrogen-bond donors (Lipinski definition) is 1. The summed E-state index contributed by atoms with van der Waals surface area (Å²) < 4.78 is 0. The van der Waals surface area contributed by atoms with Gasteiger partial charge in [-0.2, -0.15) is 0 Å². The summed E-state index contributed by atoms with van der Waals surface area (Å²) in [7, 11) is 0. The van der Waals surface area contributed by atoms with E-state index < -0.39 is 0 Å². The van der Waals surface area contributed by atoms with Crippen LogP contribution in [0.25, 0.3) is 0 Å². The van der Waals surface area contributed by atoms with Gasteiger partial charge in [0, 0.05) is 15.4 Å². The Labute approximate surface area is 102 Å². The van der Waals surface area contributed by atoms with E-state index >= 15 is 0 Å². The Morgan fingerprint density at radius 3 is 2.64 bits per heavy atom. The van der Waals surface area contributed by atoms with E-state index in [0.717, 1.165) is 9.79 Å². The Morgan fingerprint density at radius 2 is 2.21 bits per heavy atom. The topological polar surface area (TPSA) is 17.1 Å². The molecule has 0 saturated heterocycles. The fraction of sp³-hybridized carbons (Fsp3) is 0.300. The molecule has 0 heterocycles. The number of thiol groups is 1. The molecule has 0 amide bonds. The standard InChI is InChI=1S/C10H11BrOS2/c1-6(11)10(12)8-4-3-7(14-2)5-9(8)13/h3-6,13H,1-2H3. The predicted molar refractivity (Wildman–Crippen MR) is 68.2 cm³/mol. The van der Waals surface area contributed by atoms with Crippen LogP contribution in [0.1, 0.15) is 17.3 Å². The summed E-state index contributed by atoms with van der Waals surface area (Å²) in [4.78, 5) is 13.4. The summed E-state index contributed by atoms with van der Waals surface area (Å²) >= 11 is 9.20. The lowest BCUT2D eigenvalue weighted by Crippen LogP contribution is -2.10. The molecule has 0 N–H and O–H groups in total. The maximum Gasteiger partial charge on any atom is 0.177 e. The number of rotatable bonds is 3. The number of carbonyl (C=O) groups excluding carboxylic acids is 1. The molecular formula is C10H11BrOS2. The first-order chi connectivity index (χ1) is 6.56. The molecule has 1 nitrogen and oxygen atoms in total. The Hall–Kier alpha value is 0.0700. The summed E-state index contributed by atoms with van der Waals surface area (Å²) in [5.74, 6) is 0.0719. The normalized spacial score (nSPS) is 12.6. The summed E-state index contributed by atoms with van der Waals surface area (Å²) in [6.07, 6.45) is 2.00. The highest BCUT2D eigenvalue weighted by Crippen LogP contribution is 2.24. The highest BCUT2D eigenvalue weighted by Gasteiger charge is 2.14. The van der Waals surface area contributed by atoms with Gasteiger partial charge < -0.3 is 0 Å². The molecule has 0 fully saturated rings. The third-order valence-corrected chi connectivity index (χ3v) is 3.34. The largest absolute Gasteiger partial charge is 0.293 e. The van der Waals surface area contributed by atoms with Gasteiger partial charge >= 0.3 is 0 Å². The maximum absolute atomic E-state index is 11.7. The number of hydrogen-bond acceptors (Lipinski definition) is 3. The van der Waals surface area contributed by atoms with Crippen molar-refractivity contribution in [3.8, 4) is 0 Å². The molecule has 0 aliphatic heterocycles. The zero-order valence-electron chi connectivity index (χ0n) is 7.95. The fourth-order valence-electron chi connectivity index (χ4n) is 1.06. The SMILES string of the molecule is CSc1ccc(C(=O)C(C)Br)c(S)c1. The Bertz CT molecular complexity index is 350. The molecule has 0 spiro atoms. The fourth-order valence-corrected chi connectivity index (χ4v) is 2.16. The molecule has 0 aliphatic carbocycles. The second kappa shape index (κ2) is 5.24. The van der Waals surface area contributed by atoms with Gasteiger partial charge in [0.15, 0.2) is 5.78 Å². The molecule has 76 valence electrons. The van der Waals surface area contributed by atoms with Gasteiger partial charge in [-0.1, -0.05) is 15.9 Å². The van der Waals surface area contributed by atoms with E-state index in [1.54, 1.807) is 11.8 Å².